The number of rotatable bonds is 4. The second-order valence-electron chi connectivity index (χ2n) is 4.15. The van der Waals surface area contributed by atoms with E-state index >= 15 is 0 Å². The minimum atomic E-state index is 0.664. The van der Waals surface area contributed by atoms with Gasteiger partial charge in [0.25, 0.3) is 0 Å². The van der Waals surface area contributed by atoms with Crippen LogP contribution in [-0.2, 0) is 20.1 Å². The molecule has 0 spiro atoms. The van der Waals surface area contributed by atoms with Gasteiger partial charge >= 0.3 is 0 Å². The molecule has 0 unspecified atom stereocenters. The van der Waals surface area contributed by atoms with Crippen molar-refractivity contribution in [1.29, 1.82) is 0 Å². The number of nitrogens with zero attached hydrogens (tertiary/aromatic N) is 2. The fraction of sp³-hybridized carbons (Fsp3) is 0.308. The lowest BCUT2D eigenvalue weighted by Crippen LogP contribution is -2.15. The maximum Gasteiger partial charge on any atom is 0.128 e. The molecule has 2 aromatic rings. The second kappa shape index (κ2) is 5.34. The van der Waals surface area contributed by atoms with Gasteiger partial charge in [0.1, 0.15) is 11.0 Å². The molecule has 1 aromatic heterocycles. The summed E-state index contributed by atoms with van der Waals surface area (Å²) in [7, 11) is 1.91. The SMILES string of the molecule is Cc1ccc(CNCc2ncc(Cl)n2C)cc1. The van der Waals surface area contributed by atoms with E-state index in [1.807, 2.05) is 11.6 Å². The van der Waals surface area contributed by atoms with Gasteiger partial charge in [-0.3, -0.25) is 0 Å². The molecule has 0 saturated carbocycles. The van der Waals surface area contributed by atoms with E-state index in [4.69, 9.17) is 11.6 Å². The van der Waals surface area contributed by atoms with Crippen LogP contribution in [0.3, 0.4) is 0 Å². The highest BCUT2D eigenvalue weighted by Crippen LogP contribution is 2.09. The van der Waals surface area contributed by atoms with Crippen LogP contribution in [-0.4, -0.2) is 9.55 Å². The highest BCUT2D eigenvalue weighted by Gasteiger charge is 2.03. The van der Waals surface area contributed by atoms with Crippen LogP contribution in [0.5, 0.6) is 0 Å². The summed E-state index contributed by atoms with van der Waals surface area (Å²) in [6.45, 7) is 3.65. The van der Waals surface area contributed by atoms with Crippen molar-refractivity contribution in [2.45, 2.75) is 20.0 Å². The first-order valence-corrected chi connectivity index (χ1v) is 5.97. The zero-order valence-electron chi connectivity index (χ0n) is 10.1. The molecule has 3 nitrogen and oxygen atoms in total. The lowest BCUT2D eigenvalue weighted by molar-refractivity contribution is 0.639. The largest absolute Gasteiger partial charge is 0.321 e. The summed E-state index contributed by atoms with van der Waals surface area (Å²) >= 11 is 5.92. The van der Waals surface area contributed by atoms with Crippen LogP contribution in [0.25, 0.3) is 0 Å². The number of aryl methyl sites for hydroxylation is 1. The quantitative estimate of drug-likeness (QED) is 0.903. The Bertz CT molecular complexity index is 488. The van der Waals surface area contributed by atoms with Crippen LogP contribution in [0.2, 0.25) is 5.15 Å². The Kier molecular flexibility index (Phi) is 3.82. The van der Waals surface area contributed by atoms with E-state index in [0.29, 0.717) is 5.15 Å². The maximum absolute atomic E-state index is 5.92. The van der Waals surface area contributed by atoms with E-state index in [0.717, 1.165) is 18.9 Å². The Morgan fingerprint density at radius 3 is 2.53 bits per heavy atom. The Morgan fingerprint density at radius 2 is 1.94 bits per heavy atom. The maximum atomic E-state index is 5.92. The van der Waals surface area contributed by atoms with Crippen molar-refractivity contribution >= 4 is 11.6 Å². The predicted octanol–water partition coefficient (Wildman–Crippen LogP) is 2.67. The molecule has 0 aliphatic rings. The van der Waals surface area contributed by atoms with Crippen molar-refractivity contribution in [2.75, 3.05) is 0 Å². The third kappa shape index (κ3) is 3.08. The number of hydrogen-bond donors (Lipinski definition) is 1. The van der Waals surface area contributed by atoms with Gasteiger partial charge in [-0.2, -0.15) is 0 Å². The van der Waals surface area contributed by atoms with Crippen molar-refractivity contribution in [3.63, 3.8) is 0 Å². The zero-order chi connectivity index (χ0) is 12.3. The van der Waals surface area contributed by atoms with E-state index < -0.39 is 0 Å². The number of benzene rings is 1. The molecule has 1 heterocycles. The topological polar surface area (TPSA) is 29.9 Å². The van der Waals surface area contributed by atoms with Crippen molar-refractivity contribution < 1.29 is 0 Å². The number of imidazole rings is 1. The highest BCUT2D eigenvalue weighted by molar-refractivity contribution is 6.29. The molecule has 1 aromatic carbocycles. The van der Waals surface area contributed by atoms with E-state index in [9.17, 15) is 0 Å². The highest BCUT2D eigenvalue weighted by atomic mass is 35.5. The molecule has 90 valence electrons. The third-order valence-electron chi connectivity index (χ3n) is 2.76. The number of hydrogen-bond acceptors (Lipinski definition) is 2. The lowest BCUT2D eigenvalue weighted by atomic mass is 10.1. The molecular weight excluding hydrogens is 234 g/mol. The van der Waals surface area contributed by atoms with Crippen molar-refractivity contribution in [3.05, 3.63) is 52.6 Å². The fourth-order valence-electron chi connectivity index (χ4n) is 1.61. The average Bonchev–Trinajstić information content (AvgIpc) is 2.64. The van der Waals surface area contributed by atoms with Gasteiger partial charge in [-0.15, -0.1) is 0 Å². The van der Waals surface area contributed by atoms with Crippen LogP contribution in [0.15, 0.2) is 30.5 Å². The summed E-state index contributed by atoms with van der Waals surface area (Å²) in [4.78, 5) is 4.23. The molecule has 0 atom stereocenters. The molecule has 2 rings (SSSR count). The smallest absolute Gasteiger partial charge is 0.128 e. The fourth-order valence-corrected chi connectivity index (χ4v) is 1.76. The van der Waals surface area contributed by atoms with E-state index in [1.165, 1.54) is 11.1 Å². The van der Waals surface area contributed by atoms with Gasteiger partial charge in [0.05, 0.1) is 12.7 Å². The van der Waals surface area contributed by atoms with Crippen LogP contribution in [0.4, 0.5) is 0 Å². The summed E-state index contributed by atoms with van der Waals surface area (Å²) in [5, 5.41) is 4.01. The van der Waals surface area contributed by atoms with Gasteiger partial charge in [0.15, 0.2) is 0 Å². The first-order chi connectivity index (χ1) is 8.16. The van der Waals surface area contributed by atoms with Gasteiger partial charge in [-0.05, 0) is 12.5 Å². The Balaban J connectivity index is 1.87. The summed E-state index contributed by atoms with van der Waals surface area (Å²) in [6.07, 6.45) is 1.67. The van der Waals surface area contributed by atoms with Gasteiger partial charge < -0.3 is 9.88 Å². The standard InChI is InChI=1S/C13H16ClN3/c1-10-3-5-11(6-4-10)7-15-9-13-16-8-12(14)17(13)2/h3-6,8,15H,7,9H2,1-2H3. The number of nitrogens with one attached hydrogen (secondary N) is 1. The molecule has 4 heteroatoms. The minimum Gasteiger partial charge on any atom is -0.321 e. The summed E-state index contributed by atoms with van der Waals surface area (Å²) < 4.78 is 1.88. The molecule has 0 aliphatic carbocycles. The van der Waals surface area contributed by atoms with Gasteiger partial charge in [-0.1, -0.05) is 41.4 Å². The molecule has 17 heavy (non-hydrogen) atoms. The van der Waals surface area contributed by atoms with Crippen molar-refractivity contribution in [3.8, 4) is 0 Å². The summed E-state index contributed by atoms with van der Waals surface area (Å²) in [5.74, 6) is 0.946. The normalized spacial score (nSPS) is 10.8. The molecule has 0 amide bonds. The second-order valence-corrected chi connectivity index (χ2v) is 4.53. The average molecular weight is 250 g/mol. The number of aromatic nitrogens is 2. The third-order valence-corrected chi connectivity index (χ3v) is 3.11. The molecule has 0 radical (unpaired) electrons. The Morgan fingerprint density at radius 1 is 1.24 bits per heavy atom. The Hall–Kier alpha value is -1.32. The van der Waals surface area contributed by atoms with Gasteiger partial charge in [0, 0.05) is 13.6 Å². The van der Waals surface area contributed by atoms with E-state index in [2.05, 4.69) is 41.5 Å². The van der Waals surface area contributed by atoms with Crippen molar-refractivity contribution in [2.24, 2.45) is 7.05 Å². The molecule has 0 fully saturated rings. The van der Waals surface area contributed by atoms with E-state index in [-0.39, 0.29) is 0 Å². The van der Waals surface area contributed by atoms with Crippen LogP contribution in [0.1, 0.15) is 17.0 Å². The first-order valence-electron chi connectivity index (χ1n) is 5.59. The molecule has 0 aliphatic heterocycles. The van der Waals surface area contributed by atoms with E-state index in [1.54, 1.807) is 6.20 Å². The molecule has 1 N–H and O–H groups in total. The molecule has 0 saturated heterocycles. The van der Waals surface area contributed by atoms with Crippen LogP contribution >= 0.6 is 11.6 Å². The zero-order valence-corrected chi connectivity index (χ0v) is 10.8. The molecular formula is C13H16ClN3. The lowest BCUT2D eigenvalue weighted by Gasteiger charge is -2.06. The Labute approximate surface area is 106 Å². The van der Waals surface area contributed by atoms with Gasteiger partial charge in [0.2, 0.25) is 0 Å². The predicted molar refractivity (Wildman–Crippen MR) is 69.9 cm³/mol. The number of halogens is 1. The van der Waals surface area contributed by atoms with Gasteiger partial charge in [-0.25, -0.2) is 4.98 Å². The van der Waals surface area contributed by atoms with Crippen LogP contribution < -0.4 is 5.32 Å². The van der Waals surface area contributed by atoms with Crippen molar-refractivity contribution in [1.82, 2.24) is 14.9 Å². The molecule has 0 bridgehead atoms. The first kappa shape index (κ1) is 12.1. The summed E-state index contributed by atoms with van der Waals surface area (Å²) in [6, 6.07) is 8.50. The minimum absolute atomic E-state index is 0.664. The summed E-state index contributed by atoms with van der Waals surface area (Å²) in [5.41, 5.74) is 2.56. The monoisotopic (exact) mass is 249 g/mol. The van der Waals surface area contributed by atoms with Crippen LogP contribution in [0, 0.1) is 6.92 Å².